The normalized spacial score (nSPS) is 10.6. The molecule has 0 saturated heterocycles. The van der Waals surface area contributed by atoms with Crippen molar-refractivity contribution in [2.24, 2.45) is 0 Å². The van der Waals surface area contributed by atoms with Gasteiger partial charge in [0.25, 0.3) is 5.56 Å². The Labute approximate surface area is 176 Å². The molecular formula is C20H19ClN4O3S. The predicted octanol–water partition coefficient (Wildman–Crippen LogP) is 3.46. The van der Waals surface area contributed by atoms with Crippen molar-refractivity contribution in [1.29, 1.82) is 0 Å². The number of thioether (sulfide) groups is 1. The Morgan fingerprint density at radius 3 is 2.62 bits per heavy atom. The van der Waals surface area contributed by atoms with E-state index in [1.54, 1.807) is 19.2 Å². The number of aryl methyl sites for hydroxylation is 1. The number of nitrogens with zero attached hydrogens (tertiary/aromatic N) is 2. The van der Waals surface area contributed by atoms with Crippen LogP contribution in [0.25, 0.3) is 0 Å². The van der Waals surface area contributed by atoms with E-state index < -0.39 is 0 Å². The van der Waals surface area contributed by atoms with E-state index in [9.17, 15) is 9.59 Å². The minimum Gasteiger partial charge on any atom is -0.497 e. The number of nitrogens with one attached hydrogen (secondary N) is 2. The van der Waals surface area contributed by atoms with Crippen LogP contribution in [0.2, 0.25) is 5.02 Å². The van der Waals surface area contributed by atoms with Crippen LogP contribution in [-0.2, 0) is 11.2 Å². The molecular weight excluding hydrogens is 412 g/mol. The lowest BCUT2D eigenvalue weighted by Crippen LogP contribution is -2.19. The fraction of sp³-hybridized carbons (Fsp3) is 0.200. The number of H-pyrrole nitrogens is 1. The molecule has 9 heteroatoms. The van der Waals surface area contributed by atoms with E-state index in [-0.39, 0.29) is 22.4 Å². The summed E-state index contributed by atoms with van der Waals surface area (Å²) in [7, 11) is 1.60. The number of hydrogen-bond donors (Lipinski definition) is 2. The molecule has 7 nitrogen and oxygen atoms in total. The lowest BCUT2D eigenvalue weighted by atomic mass is 10.1. The van der Waals surface area contributed by atoms with Gasteiger partial charge in [0.15, 0.2) is 5.16 Å². The number of ether oxygens (including phenoxy) is 1. The number of aromatic nitrogens is 3. The fourth-order valence-electron chi connectivity index (χ4n) is 2.46. The summed E-state index contributed by atoms with van der Waals surface area (Å²) in [6, 6.07) is 12.7. The Balaban J connectivity index is 1.57. The molecule has 0 aliphatic heterocycles. The largest absolute Gasteiger partial charge is 0.497 e. The van der Waals surface area contributed by atoms with Gasteiger partial charge in [-0.05, 0) is 42.3 Å². The Morgan fingerprint density at radius 1 is 1.21 bits per heavy atom. The lowest BCUT2D eigenvalue weighted by Gasteiger charge is -2.07. The first-order valence-corrected chi connectivity index (χ1v) is 10.1. The van der Waals surface area contributed by atoms with Crippen molar-refractivity contribution in [2.75, 3.05) is 18.2 Å². The topological polar surface area (TPSA) is 97.0 Å². The molecule has 0 saturated carbocycles. The van der Waals surface area contributed by atoms with Crippen molar-refractivity contribution in [3.05, 3.63) is 74.7 Å². The van der Waals surface area contributed by atoms with Crippen LogP contribution in [0.4, 0.5) is 5.69 Å². The average Bonchev–Trinajstić information content (AvgIpc) is 2.71. The highest BCUT2D eigenvalue weighted by Crippen LogP contribution is 2.20. The zero-order valence-corrected chi connectivity index (χ0v) is 17.4. The minimum atomic E-state index is -0.330. The molecule has 1 aromatic heterocycles. The molecule has 29 heavy (non-hydrogen) atoms. The maximum atomic E-state index is 12.3. The van der Waals surface area contributed by atoms with E-state index >= 15 is 0 Å². The predicted molar refractivity (Wildman–Crippen MR) is 114 cm³/mol. The number of halogens is 1. The highest BCUT2D eigenvalue weighted by molar-refractivity contribution is 7.99. The van der Waals surface area contributed by atoms with Crippen LogP contribution < -0.4 is 15.6 Å². The number of rotatable bonds is 7. The zero-order chi connectivity index (χ0) is 20.8. The monoisotopic (exact) mass is 430 g/mol. The third kappa shape index (κ3) is 5.82. The quantitative estimate of drug-likeness (QED) is 0.557. The molecule has 0 aliphatic rings. The first-order valence-electron chi connectivity index (χ1n) is 8.72. The second-order valence-electron chi connectivity index (χ2n) is 6.23. The Hall–Kier alpha value is -2.84. The molecule has 2 N–H and O–H groups in total. The zero-order valence-electron chi connectivity index (χ0n) is 15.9. The van der Waals surface area contributed by atoms with Crippen molar-refractivity contribution in [3.63, 3.8) is 0 Å². The SMILES string of the molecule is COc1ccc(Cc2nnc(SCC(=O)Nc3ccc(C)c(Cl)c3)[nH]c2=O)cc1. The number of aromatic amines is 1. The second-order valence-corrected chi connectivity index (χ2v) is 7.60. The van der Waals surface area contributed by atoms with Crippen LogP contribution in [0.1, 0.15) is 16.8 Å². The van der Waals surface area contributed by atoms with Gasteiger partial charge in [0.1, 0.15) is 11.4 Å². The van der Waals surface area contributed by atoms with Crippen molar-refractivity contribution in [1.82, 2.24) is 15.2 Å². The van der Waals surface area contributed by atoms with Gasteiger partial charge in [-0.3, -0.25) is 14.6 Å². The minimum absolute atomic E-state index is 0.0773. The summed E-state index contributed by atoms with van der Waals surface area (Å²) in [5, 5.41) is 11.6. The number of anilines is 1. The molecule has 0 spiro atoms. The van der Waals surface area contributed by atoms with Crippen molar-refractivity contribution in [2.45, 2.75) is 18.5 Å². The first-order chi connectivity index (χ1) is 13.9. The van der Waals surface area contributed by atoms with Gasteiger partial charge in [-0.25, -0.2) is 0 Å². The Morgan fingerprint density at radius 2 is 1.97 bits per heavy atom. The van der Waals surface area contributed by atoms with Crippen LogP contribution in [0, 0.1) is 6.92 Å². The van der Waals surface area contributed by atoms with Crippen LogP contribution in [0.5, 0.6) is 5.75 Å². The highest BCUT2D eigenvalue weighted by Gasteiger charge is 2.10. The summed E-state index contributed by atoms with van der Waals surface area (Å²) in [6.07, 6.45) is 0.353. The molecule has 0 atom stereocenters. The molecule has 2 aromatic carbocycles. The van der Waals surface area contributed by atoms with Gasteiger partial charge in [0, 0.05) is 17.1 Å². The van der Waals surface area contributed by atoms with Gasteiger partial charge in [-0.2, -0.15) is 0 Å². The number of benzene rings is 2. The average molecular weight is 431 g/mol. The van der Waals surface area contributed by atoms with E-state index in [1.807, 2.05) is 37.3 Å². The van der Waals surface area contributed by atoms with Crippen molar-refractivity contribution in [3.8, 4) is 5.75 Å². The smallest absolute Gasteiger partial charge is 0.273 e. The highest BCUT2D eigenvalue weighted by atomic mass is 35.5. The molecule has 0 radical (unpaired) electrons. The van der Waals surface area contributed by atoms with Gasteiger partial charge < -0.3 is 10.1 Å². The van der Waals surface area contributed by atoms with Crippen LogP contribution in [-0.4, -0.2) is 34.0 Å². The molecule has 3 aromatic rings. The number of methoxy groups -OCH3 is 1. The molecule has 0 aliphatic carbocycles. The number of hydrogen-bond acceptors (Lipinski definition) is 6. The summed E-state index contributed by atoms with van der Waals surface area (Å²) in [6.45, 7) is 1.89. The van der Waals surface area contributed by atoms with E-state index in [0.717, 1.165) is 28.6 Å². The molecule has 0 unspecified atom stereocenters. The molecule has 150 valence electrons. The summed E-state index contributed by atoms with van der Waals surface area (Å²) in [4.78, 5) is 27.0. The summed E-state index contributed by atoms with van der Waals surface area (Å²) in [5.74, 6) is 0.583. The van der Waals surface area contributed by atoms with E-state index in [4.69, 9.17) is 16.3 Å². The summed E-state index contributed by atoms with van der Waals surface area (Å²) < 4.78 is 5.12. The maximum Gasteiger partial charge on any atom is 0.273 e. The Bertz CT molecular complexity index is 1070. The van der Waals surface area contributed by atoms with Gasteiger partial charge in [-0.15, -0.1) is 10.2 Å². The standard InChI is InChI=1S/C20H19ClN4O3S/c1-12-3-6-14(10-16(12)21)22-18(26)11-29-20-23-19(27)17(24-25-20)9-13-4-7-15(28-2)8-5-13/h3-8,10H,9,11H2,1-2H3,(H,22,26)(H,23,25,27). The molecule has 0 bridgehead atoms. The fourth-order valence-corrected chi connectivity index (χ4v) is 3.25. The summed E-state index contributed by atoms with van der Waals surface area (Å²) in [5.41, 5.74) is 2.44. The van der Waals surface area contributed by atoms with Gasteiger partial charge in [0.2, 0.25) is 5.91 Å². The van der Waals surface area contributed by atoms with Gasteiger partial charge in [-0.1, -0.05) is 41.6 Å². The summed E-state index contributed by atoms with van der Waals surface area (Å²) >= 11 is 7.15. The van der Waals surface area contributed by atoms with Crippen LogP contribution >= 0.6 is 23.4 Å². The van der Waals surface area contributed by atoms with Crippen LogP contribution in [0.15, 0.2) is 52.4 Å². The van der Waals surface area contributed by atoms with Gasteiger partial charge in [0.05, 0.1) is 12.9 Å². The molecule has 0 fully saturated rings. The third-order valence-electron chi connectivity index (χ3n) is 4.07. The number of carbonyl (C=O) groups is 1. The lowest BCUT2D eigenvalue weighted by molar-refractivity contribution is -0.113. The number of amides is 1. The van der Waals surface area contributed by atoms with E-state index in [0.29, 0.717) is 22.8 Å². The Kier molecular flexibility index (Phi) is 6.90. The van der Waals surface area contributed by atoms with Crippen molar-refractivity contribution >= 4 is 35.0 Å². The van der Waals surface area contributed by atoms with Crippen LogP contribution in [0.3, 0.4) is 0 Å². The molecule has 3 rings (SSSR count). The third-order valence-corrected chi connectivity index (χ3v) is 5.34. The second kappa shape index (κ2) is 9.58. The van der Waals surface area contributed by atoms with E-state index in [1.165, 1.54) is 0 Å². The van der Waals surface area contributed by atoms with Crippen molar-refractivity contribution < 1.29 is 9.53 Å². The number of carbonyl (C=O) groups excluding carboxylic acids is 1. The van der Waals surface area contributed by atoms with E-state index in [2.05, 4.69) is 20.5 Å². The van der Waals surface area contributed by atoms with Gasteiger partial charge >= 0.3 is 0 Å². The first kappa shape index (κ1) is 20.9. The molecule has 1 heterocycles. The molecule has 1 amide bonds. The maximum absolute atomic E-state index is 12.3.